The van der Waals surface area contributed by atoms with E-state index in [0.717, 1.165) is 12.1 Å². The second-order valence-electron chi connectivity index (χ2n) is 4.58. The first kappa shape index (κ1) is 14.2. The van der Waals surface area contributed by atoms with Crippen molar-refractivity contribution in [2.24, 2.45) is 0 Å². The Kier molecular flexibility index (Phi) is 3.19. The smallest absolute Gasteiger partial charge is 0.282 e. The Morgan fingerprint density at radius 1 is 1.00 bits per heavy atom. The van der Waals surface area contributed by atoms with Gasteiger partial charge in [0, 0.05) is 0 Å². The van der Waals surface area contributed by atoms with Gasteiger partial charge in [-0.1, -0.05) is 18.2 Å². The fourth-order valence-electron chi connectivity index (χ4n) is 2.22. The fraction of sp³-hybridized carbons (Fsp3) is 0. The highest BCUT2D eigenvalue weighted by Crippen LogP contribution is 2.17. The van der Waals surface area contributed by atoms with Crippen LogP contribution in [0.25, 0.3) is 16.6 Å². The lowest BCUT2D eigenvalue weighted by Gasteiger charge is -2.09. The first-order valence-electron chi connectivity index (χ1n) is 6.20. The lowest BCUT2D eigenvalue weighted by atomic mass is 10.2. The minimum atomic E-state index is -4.44. The molecule has 2 N–H and O–H groups in total. The molecule has 0 aliphatic heterocycles. The number of benzene rings is 2. The highest BCUT2D eigenvalue weighted by atomic mass is 32.2. The number of fused-ring (bicyclic) bond motifs is 1. The molecule has 0 saturated heterocycles. The van der Waals surface area contributed by atoms with Crippen LogP contribution in [-0.4, -0.2) is 22.5 Å². The molecule has 1 aromatic heterocycles. The van der Waals surface area contributed by atoms with Crippen molar-refractivity contribution in [3.05, 3.63) is 69.4 Å². The maximum Gasteiger partial charge on any atom is 0.333 e. The van der Waals surface area contributed by atoms with Gasteiger partial charge in [-0.25, -0.2) is 4.79 Å². The Hall–Kier alpha value is -2.71. The highest BCUT2D eigenvalue weighted by molar-refractivity contribution is 7.85. The van der Waals surface area contributed by atoms with E-state index >= 15 is 0 Å². The van der Waals surface area contributed by atoms with Crippen molar-refractivity contribution < 1.29 is 13.0 Å². The summed E-state index contributed by atoms with van der Waals surface area (Å²) < 4.78 is 32.7. The minimum absolute atomic E-state index is 0.0152. The highest BCUT2D eigenvalue weighted by Gasteiger charge is 2.14. The van der Waals surface area contributed by atoms with E-state index in [1.807, 2.05) is 0 Å². The standard InChI is InChI=1S/C14H10N2O5S/c17-13-11-8-10(22(19,20)21)6-7-12(11)16(14(18)15-13)9-4-2-1-3-5-9/h1-8H,(H,15,17,18)(H,19,20,21). The third kappa shape index (κ3) is 2.34. The Bertz CT molecular complexity index is 1080. The molecule has 2 aromatic carbocycles. The molecular formula is C14H10N2O5S. The summed E-state index contributed by atoms with van der Waals surface area (Å²) in [5, 5.41) is -0.0152. The summed E-state index contributed by atoms with van der Waals surface area (Å²) >= 11 is 0. The van der Waals surface area contributed by atoms with E-state index in [9.17, 15) is 18.0 Å². The van der Waals surface area contributed by atoms with Gasteiger partial charge in [-0.2, -0.15) is 8.42 Å². The van der Waals surface area contributed by atoms with Gasteiger partial charge in [-0.05, 0) is 30.3 Å². The fourth-order valence-corrected chi connectivity index (χ4v) is 2.72. The molecule has 3 rings (SSSR count). The van der Waals surface area contributed by atoms with Crippen molar-refractivity contribution in [3.63, 3.8) is 0 Å². The Morgan fingerprint density at radius 2 is 1.68 bits per heavy atom. The van der Waals surface area contributed by atoms with Crippen molar-refractivity contribution in [2.45, 2.75) is 4.90 Å². The molecule has 8 heteroatoms. The minimum Gasteiger partial charge on any atom is -0.282 e. The number of para-hydroxylation sites is 1. The van der Waals surface area contributed by atoms with E-state index in [-0.39, 0.29) is 10.9 Å². The van der Waals surface area contributed by atoms with Gasteiger partial charge in [-0.15, -0.1) is 0 Å². The van der Waals surface area contributed by atoms with Crippen LogP contribution in [0.5, 0.6) is 0 Å². The van der Waals surface area contributed by atoms with Gasteiger partial charge in [0.2, 0.25) is 0 Å². The van der Waals surface area contributed by atoms with Crippen molar-refractivity contribution in [3.8, 4) is 5.69 Å². The first-order valence-corrected chi connectivity index (χ1v) is 7.64. The van der Waals surface area contributed by atoms with Gasteiger partial charge >= 0.3 is 5.69 Å². The summed E-state index contributed by atoms with van der Waals surface area (Å²) in [6.07, 6.45) is 0. The molecule has 0 saturated carbocycles. The predicted octanol–water partition coefficient (Wildman–Crippen LogP) is 0.926. The van der Waals surface area contributed by atoms with Crippen LogP contribution in [-0.2, 0) is 10.1 Å². The molecule has 0 unspecified atom stereocenters. The number of hydrogen-bond acceptors (Lipinski definition) is 4. The molecule has 0 aliphatic rings. The van der Waals surface area contributed by atoms with E-state index < -0.39 is 26.3 Å². The van der Waals surface area contributed by atoms with Crippen molar-refractivity contribution in [1.29, 1.82) is 0 Å². The monoisotopic (exact) mass is 318 g/mol. The molecule has 7 nitrogen and oxygen atoms in total. The number of H-pyrrole nitrogens is 1. The molecular weight excluding hydrogens is 308 g/mol. The molecule has 0 spiro atoms. The molecule has 0 atom stereocenters. The summed E-state index contributed by atoms with van der Waals surface area (Å²) in [4.78, 5) is 25.7. The molecule has 0 fully saturated rings. The van der Waals surface area contributed by atoms with Gasteiger partial charge < -0.3 is 0 Å². The number of aromatic nitrogens is 2. The third-order valence-electron chi connectivity index (χ3n) is 3.19. The number of aromatic amines is 1. The summed E-state index contributed by atoms with van der Waals surface area (Å²) in [5.74, 6) is 0. The number of rotatable bonds is 2. The molecule has 1 heterocycles. The predicted molar refractivity (Wildman–Crippen MR) is 80.0 cm³/mol. The SMILES string of the molecule is O=c1[nH]c(=O)n(-c2ccccc2)c2ccc(S(=O)(=O)O)cc12. The summed E-state index contributed by atoms with van der Waals surface area (Å²) in [6.45, 7) is 0. The number of hydrogen-bond donors (Lipinski definition) is 2. The topological polar surface area (TPSA) is 109 Å². The normalized spacial score (nSPS) is 11.7. The van der Waals surface area contributed by atoms with E-state index in [4.69, 9.17) is 4.55 Å². The van der Waals surface area contributed by atoms with Gasteiger partial charge in [-0.3, -0.25) is 18.9 Å². The van der Waals surface area contributed by atoms with E-state index in [0.29, 0.717) is 5.69 Å². The molecule has 0 bridgehead atoms. The molecule has 0 amide bonds. The zero-order chi connectivity index (χ0) is 15.9. The van der Waals surface area contributed by atoms with Crippen LogP contribution in [0.4, 0.5) is 0 Å². The van der Waals surface area contributed by atoms with Gasteiger partial charge in [0.1, 0.15) is 0 Å². The van der Waals surface area contributed by atoms with E-state index in [1.54, 1.807) is 30.3 Å². The third-order valence-corrected chi connectivity index (χ3v) is 4.04. The Labute approximate surface area is 124 Å². The zero-order valence-corrected chi connectivity index (χ0v) is 11.9. The summed E-state index contributed by atoms with van der Waals surface area (Å²) in [7, 11) is -4.44. The molecule has 112 valence electrons. The number of nitrogens with zero attached hydrogens (tertiary/aromatic N) is 1. The first-order chi connectivity index (χ1) is 10.4. The lowest BCUT2D eigenvalue weighted by Crippen LogP contribution is -2.29. The van der Waals surface area contributed by atoms with E-state index in [2.05, 4.69) is 4.98 Å². The summed E-state index contributed by atoms with van der Waals surface area (Å²) in [6, 6.07) is 12.1. The lowest BCUT2D eigenvalue weighted by molar-refractivity contribution is 0.483. The van der Waals surface area contributed by atoms with Crippen LogP contribution in [0.1, 0.15) is 0 Å². The van der Waals surface area contributed by atoms with Gasteiger partial charge in [0.25, 0.3) is 15.7 Å². The maximum absolute atomic E-state index is 12.1. The quantitative estimate of drug-likeness (QED) is 0.683. The number of nitrogens with one attached hydrogen (secondary N) is 1. The second kappa shape index (κ2) is 4.93. The van der Waals surface area contributed by atoms with Crippen molar-refractivity contribution in [1.82, 2.24) is 9.55 Å². The van der Waals surface area contributed by atoms with Crippen LogP contribution in [0.2, 0.25) is 0 Å². The van der Waals surface area contributed by atoms with Crippen LogP contribution in [0.15, 0.2) is 63.0 Å². The Morgan fingerprint density at radius 3 is 2.32 bits per heavy atom. The van der Waals surface area contributed by atoms with Crippen molar-refractivity contribution >= 4 is 21.0 Å². The van der Waals surface area contributed by atoms with Gasteiger partial charge in [0.05, 0.1) is 21.5 Å². The average molecular weight is 318 g/mol. The van der Waals surface area contributed by atoms with Crippen LogP contribution in [0.3, 0.4) is 0 Å². The van der Waals surface area contributed by atoms with Crippen molar-refractivity contribution in [2.75, 3.05) is 0 Å². The zero-order valence-electron chi connectivity index (χ0n) is 11.1. The largest absolute Gasteiger partial charge is 0.333 e. The van der Waals surface area contributed by atoms with Crippen LogP contribution < -0.4 is 11.2 Å². The molecule has 3 aromatic rings. The second-order valence-corrected chi connectivity index (χ2v) is 6.01. The van der Waals surface area contributed by atoms with E-state index in [1.165, 1.54) is 10.6 Å². The average Bonchev–Trinajstić information content (AvgIpc) is 2.47. The molecule has 22 heavy (non-hydrogen) atoms. The molecule has 0 aliphatic carbocycles. The summed E-state index contributed by atoms with van der Waals surface area (Å²) in [5.41, 5.74) is -0.596. The molecule has 0 radical (unpaired) electrons. The maximum atomic E-state index is 12.1. The van der Waals surface area contributed by atoms with Crippen LogP contribution in [0, 0.1) is 0 Å². The van der Waals surface area contributed by atoms with Crippen LogP contribution >= 0.6 is 0 Å². The Balaban J connectivity index is 2.45. The van der Waals surface area contributed by atoms with Gasteiger partial charge in [0.15, 0.2) is 0 Å².